The van der Waals surface area contributed by atoms with Crippen LogP contribution in [0.4, 0.5) is 5.69 Å². The third kappa shape index (κ3) is 3.56. The number of aromatic nitrogens is 1. The van der Waals surface area contributed by atoms with Gasteiger partial charge in [-0.25, -0.2) is 0 Å². The lowest BCUT2D eigenvalue weighted by Gasteiger charge is -2.12. The van der Waals surface area contributed by atoms with E-state index in [1.165, 1.54) is 6.07 Å². The maximum atomic E-state index is 12.3. The third-order valence-corrected chi connectivity index (χ3v) is 4.26. The van der Waals surface area contributed by atoms with Crippen molar-refractivity contribution < 1.29 is 4.79 Å². The van der Waals surface area contributed by atoms with E-state index < -0.39 is 0 Å². The van der Waals surface area contributed by atoms with Gasteiger partial charge in [-0.1, -0.05) is 34.8 Å². The van der Waals surface area contributed by atoms with Crippen LogP contribution in [0.15, 0.2) is 53.5 Å². The van der Waals surface area contributed by atoms with Crippen LogP contribution in [-0.2, 0) is 11.3 Å². The van der Waals surface area contributed by atoms with Crippen LogP contribution in [0.5, 0.6) is 0 Å². The summed E-state index contributed by atoms with van der Waals surface area (Å²) in [5.74, 6) is -0.293. The summed E-state index contributed by atoms with van der Waals surface area (Å²) in [7, 11) is 0. The van der Waals surface area contributed by atoms with Gasteiger partial charge >= 0.3 is 0 Å². The van der Waals surface area contributed by atoms with Gasteiger partial charge in [-0.2, -0.15) is 0 Å². The molecule has 0 saturated heterocycles. The van der Waals surface area contributed by atoms with Gasteiger partial charge in [-0.05, 0) is 36.4 Å². The summed E-state index contributed by atoms with van der Waals surface area (Å²) in [5.41, 5.74) is 0.906. The number of pyridine rings is 1. The van der Waals surface area contributed by atoms with Crippen LogP contribution in [-0.4, -0.2) is 10.5 Å². The molecule has 2 aromatic carbocycles. The molecule has 0 aliphatic rings. The minimum atomic E-state index is -0.293. The molecule has 1 N–H and O–H groups in total. The first kappa shape index (κ1) is 16.8. The van der Waals surface area contributed by atoms with Crippen LogP contribution in [0.2, 0.25) is 15.1 Å². The summed E-state index contributed by atoms with van der Waals surface area (Å²) in [6.07, 6.45) is 1.57. The molecule has 122 valence electrons. The molecule has 7 heteroatoms. The van der Waals surface area contributed by atoms with Crippen molar-refractivity contribution in [2.45, 2.75) is 6.54 Å². The van der Waals surface area contributed by atoms with Crippen LogP contribution in [0.3, 0.4) is 0 Å². The van der Waals surface area contributed by atoms with Crippen LogP contribution in [0.1, 0.15) is 0 Å². The third-order valence-electron chi connectivity index (χ3n) is 3.46. The van der Waals surface area contributed by atoms with E-state index >= 15 is 0 Å². The molecule has 4 nitrogen and oxygen atoms in total. The van der Waals surface area contributed by atoms with E-state index in [1.807, 2.05) is 0 Å². The van der Waals surface area contributed by atoms with Gasteiger partial charge in [0, 0.05) is 27.7 Å². The topological polar surface area (TPSA) is 51.1 Å². The summed E-state index contributed by atoms with van der Waals surface area (Å²) < 4.78 is 1.67. The van der Waals surface area contributed by atoms with Gasteiger partial charge in [-0.3, -0.25) is 9.59 Å². The molecule has 24 heavy (non-hydrogen) atoms. The van der Waals surface area contributed by atoms with Crippen LogP contribution < -0.4 is 10.7 Å². The van der Waals surface area contributed by atoms with Gasteiger partial charge in [0.1, 0.15) is 6.54 Å². The standard InChI is InChI=1S/C17H11Cl3N2O2/c18-10-2-4-15-12(7-10)16(23)5-6-22(15)9-17(24)21-14-8-11(19)1-3-13(14)20/h1-8H,9H2,(H,21,24). The van der Waals surface area contributed by atoms with Crippen molar-refractivity contribution >= 4 is 57.3 Å². The number of hydrogen-bond acceptors (Lipinski definition) is 2. The van der Waals surface area contributed by atoms with E-state index in [-0.39, 0.29) is 17.9 Å². The summed E-state index contributed by atoms with van der Waals surface area (Å²) in [4.78, 5) is 24.2. The number of carbonyl (C=O) groups excluding carboxylic acids is 1. The summed E-state index contributed by atoms with van der Waals surface area (Å²) in [6, 6.07) is 11.2. The highest BCUT2D eigenvalue weighted by atomic mass is 35.5. The summed E-state index contributed by atoms with van der Waals surface area (Å²) >= 11 is 17.9. The number of amides is 1. The largest absolute Gasteiger partial charge is 0.338 e. The first-order chi connectivity index (χ1) is 11.4. The molecule has 0 bridgehead atoms. The molecule has 0 atom stereocenters. The molecule has 0 aliphatic carbocycles. The summed E-state index contributed by atoms with van der Waals surface area (Å²) in [6.45, 7) is 0.0151. The van der Waals surface area contributed by atoms with E-state index in [0.717, 1.165) is 0 Å². The number of rotatable bonds is 3. The van der Waals surface area contributed by atoms with E-state index in [9.17, 15) is 9.59 Å². The lowest BCUT2D eigenvalue weighted by Crippen LogP contribution is -2.20. The number of carbonyl (C=O) groups is 1. The Morgan fingerprint density at radius 1 is 1.00 bits per heavy atom. The first-order valence-electron chi connectivity index (χ1n) is 6.97. The lowest BCUT2D eigenvalue weighted by atomic mass is 10.2. The Hall–Kier alpha value is -2.01. The predicted octanol–water partition coefficient (Wildman–Crippen LogP) is 4.60. The van der Waals surface area contributed by atoms with E-state index in [2.05, 4.69) is 5.32 Å². The number of benzene rings is 2. The zero-order valence-corrected chi connectivity index (χ0v) is 14.5. The Labute approximate surface area is 152 Å². The van der Waals surface area contributed by atoms with Crippen molar-refractivity contribution in [1.29, 1.82) is 0 Å². The average Bonchev–Trinajstić information content (AvgIpc) is 2.54. The number of nitrogens with one attached hydrogen (secondary N) is 1. The molecule has 0 unspecified atom stereocenters. The Balaban J connectivity index is 1.90. The number of halogens is 3. The Morgan fingerprint density at radius 2 is 1.71 bits per heavy atom. The molecular formula is C17H11Cl3N2O2. The molecule has 3 rings (SSSR count). The fourth-order valence-electron chi connectivity index (χ4n) is 2.36. The highest BCUT2D eigenvalue weighted by Gasteiger charge is 2.10. The highest BCUT2D eigenvalue weighted by molar-refractivity contribution is 6.35. The second kappa shape index (κ2) is 6.85. The zero-order valence-electron chi connectivity index (χ0n) is 12.2. The maximum absolute atomic E-state index is 12.3. The molecule has 0 spiro atoms. The molecular weight excluding hydrogens is 371 g/mol. The van der Waals surface area contributed by atoms with E-state index in [0.29, 0.717) is 31.7 Å². The fourth-order valence-corrected chi connectivity index (χ4v) is 2.87. The molecule has 1 aromatic heterocycles. The monoisotopic (exact) mass is 380 g/mol. The second-order valence-electron chi connectivity index (χ2n) is 5.14. The Bertz CT molecular complexity index is 999. The minimum Gasteiger partial charge on any atom is -0.338 e. The number of nitrogens with zero attached hydrogens (tertiary/aromatic N) is 1. The smallest absolute Gasteiger partial charge is 0.244 e. The van der Waals surface area contributed by atoms with Gasteiger partial charge < -0.3 is 9.88 Å². The van der Waals surface area contributed by atoms with Gasteiger partial charge in [-0.15, -0.1) is 0 Å². The Kier molecular flexibility index (Phi) is 4.81. The van der Waals surface area contributed by atoms with Crippen LogP contribution >= 0.6 is 34.8 Å². The van der Waals surface area contributed by atoms with Gasteiger partial charge in [0.05, 0.1) is 16.2 Å². The van der Waals surface area contributed by atoms with Crippen molar-refractivity contribution in [2.75, 3.05) is 5.32 Å². The predicted molar refractivity (Wildman–Crippen MR) is 98.3 cm³/mol. The Morgan fingerprint density at radius 3 is 2.50 bits per heavy atom. The fraction of sp³-hybridized carbons (Fsp3) is 0.0588. The van der Waals surface area contributed by atoms with Crippen molar-refractivity contribution in [2.24, 2.45) is 0 Å². The number of hydrogen-bond donors (Lipinski definition) is 1. The molecule has 0 radical (unpaired) electrons. The number of fused-ring (bicyclic) bond motifs is 1. The van der Waals surface area contributed by atoms with E-state index in [4.69, 9.17) is 34.8 Å². The zero-order chi connectivity index (χ0) is 17.3. The average molecular weight is 382 g/mol. The first-order valence-corrected chi connectivity index (χ1v) is 8.11. The minimum absolute atomic E-state index is 0.0151. The van der Waals surface area contributed by atoms with Crippen molar-refractivity contribution in [3.8, 4) is 0 Å². The van der Waals surface area contributed by atoms with Crippen molar-refractivity contribution in [1.82, 2.24) is 4.57 Å². The molecule has 0 saturated carbocycles. The molecule has 0 aliphatic heterocycles. The quantitative estimate of drug-likeness (QED) is 0.721. The van der Waals surface area contributed by atoms with Gasteiger partial charge in [0.2, 0.25) is 5.91 Å². The van der Waals surface area contributed by atoms with Gasteiger partial charge in [0.15, 0.2) is 5.43 Å². The van der Waals surface area contributed by atoms with E-state index in [1.54, 1.807) is 47.2 Å². The van der Waals surface area contributed by atoms with Crippen molar-refractivity contribution in [3.05, 3.63) is 74.0 Å². The molecule has 3 aromatic rings. The molecule has 1 heterocycles. The SMILES string of the molecule is O=C(Cn1ccc(=O)c2cc(Cl)ccc21)Nc1cc(Cl)ccc1Cl. The van der Waals surface area contributed by atoms with Crippen molar-refractivity contribution in [3.63, 3.8) is 0 Å². The van der Waals surface area contributed by atoms with Crippen LogP contribution in [0.25, 0.3) is 10.9 Å². The normalized spacial score (nSPS) is 10.8. The lowest BCUT2D eigenvalue weighted by molar-refractivity contribution is -0.116. The van der Waals surface area contributed by atoms with Crippen LogP contribution in [0, 0.1) is 0 Å². The number of anilines is 1. The second-order valence-corrected chi connectivity index (χ2v) is 6.42. The molecule has 1 amide bonds. The summed E-state index contributed by atoms with van der Waals surface area (Å²) in [5, 5.41) is 4.50. The van der Waals surface area contributed by atoms with Gasteiger partial charge in [0.25, 0.3) is 0 Å². The maximum Gasteiger partial charge on any atom is 0.244 e. The molecule has 0 fully saturated rings. The highest BCUT2D eigenvalue weighted by Crippen LogP contribution is 2.25.